The van der Waals surface area contributed by atoms with E-state index in [2.05, 4.69) is 10.3 Å². The molecule has 0 spiro atoms. The molecule has 14 heavy (non-hydrogen) atoms. The Morgan fingerprint density at radius 3 is 2.86 bits per heavy atom. The van der Waals surface area contributed by atoms with Crippen molar-refractivity contribution in [3.8, 4) is 0 Å². The Morgan fingerprint density at radius 1 is 1.50 bits per heavy atom. The highest BCUT2D eigenvalue weighted by atomic mass is 14.9. The van der Waals surface area contributed by atoms with Crippen molar-refractivity contribution >= 4 is 11.4 Å². The first-order valence-electron chi connectivity index (χ1n) is 4.53. The van der Waals surface area contributed by atoms with Crippen LogP contribution in [0, 0.1) is 0 Å². The van der Waals surface area contributed by atoms with Crippen LogP contribution in [0.5, 0.6) is 0 Å². The molecule has 0 fully saturated rings. The summed E-state index contributed by atoms with van der Waals surface area (Å²) in [5.74, 6) is 0. The number of allylic oxidation sites excluding steroid dienone is 3. The lowest BCUT2D eigenvalue weighted by atomic mass is 10.3. The molecule has 3 N–H and O–H groups in total. The summed E-state index contributed by atoms with van der Waals surface area (Å²) in [5.41, 5.74) is 8.29. The minimum Gasteiger partial charge on any atom is -0.396 e. The molecule has 0 radical (unpaired) electrons. The van der Waals surface area contributed by atoms with E-state index in [4.69, 9.17) is 5.73 Å². The Labute approximate surface area is 84.4 Å². The van der Waals surface area contributed by atoms with Crippen LogP contribution in [-0.4, -0.2) is 4.98 Å². The molecule has 1 heterocycles. The number of aromatic nitrogens is 1. The van der Waals surface area contributed by atoms with Gasteiger partial charge in [0, 0.05) is 11.9 Å². The van der Waals surface area contributed by atoms with Crippen molar-refractivity contribution < 1.29 is 0 Å². The summed E-state index contributed by atoms with van der Waals surface area (Å²) >= 11 is 0. The molecule has 3 nitrogen and oxygen atoms in total. The third kappa shape index (κ3) is 2.62. The number of nitrogens with zero attached hydrogens (tertiary/aromatic N) is 1. The van der Waals surface area contributed by atoms with E-state index >= 15 is 0 Å². The molecule has 0 aliphatic rings. The van der Waals surface area contributed by atoms with E-state index in [-0.39, 0.29) is 0 Å². The number of nitrogens with one attached hydrogen (secondary N) is 1. The van der Waals surface area contributed by atoms with Crippen molar-refractivity contribution in [2.75, 3.05) is 11.1 Å². The highest BCUT2D eigenvalue weighted by Gasteiger charge is 1.97. The predicted molar refractivity (Wildman–Crippen MR) is 60.8 cm³/mol. The van der Waals surface area contributed by atoms with Crippen molar-refractivity contribution in [3.63, 3.8) is 0 Å². The Bertz CT molecular complexity index is 353. The van der Waals surface area contributed by atoms with Crippen LogP contribution in [0.15, 0.2) is 42.4 Å². The summed E-state index contributed by atoms with van der Waals surface area (Å²) < 4.78 is 0. The van der Waals surface area contributed by atoms with Crippen LogP contribution < -0.4 is 11.1 Å². The zero-order valence-corrected chi connectivity index (χ0v) is 8.49. The Hall–Kier alpha value is -1.77. The van der Waals surface area contributed by atoms with Gasteiger partial charge < -0.3 is 11.1 Å². The van der Waals surface area contributed by atoms with Crippen LogP contribution in [0.4, 0.5) is 11.4 Å². The highest BCUT2D eigenvalue weighted by molar-refractivity contribution is 5.67. The molecule has 1 aromatic heterocycles. The second-order valence-electron chi connectivity index (χ2n) is 2.83. The van der Waals surface area contributed by atoms with E-state index in [0.29, 0.717) is 5.69 Å². The number of pyridine rings is 1. The molecule has 3 heteroatoms. The minimum absolute atomic E-state index is 0.649. The second-order valence-corrected chi connectivity index (χ2v) is 2.83. The van der Waals surface area contributed by atoms with Crippen LogP contribution in [0.2, 0.25) is 0 Å². The van der Waals surface area contributed by atoms with Crippen molar-refractivity contribution in [2.24, 2.45) is 0 Å². The molecule has 0 unspecified atom stereocenters. The number of nitrogens with two attached hydrogens (primary N) is 1. The van der Waals surface area contributed by atoms with Gasteiger partial charge in [-0.3, -0.25) is 4.98 Å². The Kier molecular flexibility index (Phi) is 3.73. The topological polar surface area (TPSA) is 50.9 Å². The van der Waals surface area contributed by atoms with Crippen molar-refractivity contribution in [2.45, 2.75) is 13.8 Å². The van der Waals surface area contributed by atoms with Gasteiger partial charge in [-0.1, -0.05) is 12.2 Å². The largest absolute Gasteiger partial charge is 0.396 e. The van der Waals surface area contributed by atoms with Gasteiger partial charge in [0.25, 0.3) is 0 Å². The lowest BCUT2D eigenvalue weighted by Gasteiger charge is -2.08. The number of anilines is 2. The molecule has 0 saturated heterocycles. The van der Waals surface area contributed by atoms with Crippen LogP contribution in [-0.2, 0) is 0 Å². The van der Waals surface area contributed by atoms with Gasteiger partial charge in [0.2, 0.25) is 0 Å². The van der Waals surface area contributed by atoms with E-state index in [1.165, 1.54) is 0 Å². The normalized spacial score (nSPS) is 12.0. The predicted octanol–water partition coefficient (Wildman–Crippen LogP) is 2.56. The summed E-state index contributed by atoms with van der Waals surface area (Å²) in [6, 6.07) is 1.85. The van der Waals surface area contributed by atoms with E-state index in [0.717, 1.165) is 11.4 Å². The fraction of sp³-hybridized carbons (Fsp3) is 0.182. The zero-order chi connectivity index (χ0) is 10.4. The zero-order valence-electron chi connectivity index (χ0n) is 8.49. The molecule has 0 amide bonds. The maximum Gasteiger partial charge on any atom is 0.0739 e. The SMILES string of the molecule is C/C=C\C(=C/C)Nc1ccncc1N. The first-order valence-corrected chi connectivity index (χ1v) is 4.53. The molecule has 0 aliphatic heterocycles. The monoisotopic (exact) mass is 189 g/mol. The summed E-state index contributed by atoms with van der Waals surface area (Å²) in [6.45, 7) is 3.95. The van der Waals surface area contributed by atoms with Crippen molar-refractivity contribution in [3.05, 3.63) is 42.4 Å². The molecule has 0 aliphatic carbocycles. The molecule has 74 valence electrons. The van der Waals surface area contributed by atoms with Gasteiger partial charge in [0.1, 0.15) is 0 Å². The number of rotatable bonds is 3. The van der Waals surface area contributed by atoms with Gasteiger partial charge in [-0.15, -0.1) is 0 Å². The Morgan fingerprint density at radius 2 is 2.29 bits per heavy atom. The smallest absolute Gasteiger partial charge is 0.0739 e. The average molecular weight is 189 g/mol. The maximum atomic E-state index is 5.74. The van der Waals surface area contributed by atoms with E-state index in [9.17, 15) is 0 Å². The van der Waals surface area contributed by atoms with Gasteiger partial charge >= 0.3 is 0 Å². The standard InChI is InChI=1S/C11H15N3/c1-3-5-9(4-2)14-11-6-7-13-8-10(11)12/h3-8H,12H2,1-2H3,(H,13,14)/b5-3-,9-4+. The van der Waals surface area contributed by atoms with Gasteiger partial charge in [-0.2, -0.15) is 0 Å². The number of nitrogen functional groups attached to an aromatic ring is 1. The highest BCUT2D eigenvalue weighted by Crippen LogP contribution is 2.17. The summed E-state index contributed by atoms with van der Waals surface area (Å²) in [4.78, 5) is 3.92. The molecule has 1 rings (SSSR count). The lowest BCUT2D eigenvalue weighted by Crippen LogP contribution is -2.00. The summed E-state index contributed by atoms with van der Waals surface area (Å²) in [7, 11) is 0. The van der Waals surface area contributed by atoms with Gasteiger partial charge in [-0.25, -0.2) is 0 Å². The Balaban J connectivity index is 2.83. The fourth-order valence-corrected chi connectivity index (χ4v) is 1.07. The van der Waals surface area contributed by atoms with Crippen molar-refractivity contribution in [1.29, 1.82) is 0 Å². The molecule has 0 bridgehead atoms. The van der Waals surface area contributed by atoms with Gasteiger partial charge in [0.15, 0.2) is 0 Å². The minimum atomic E-state index is 0.649. The summed E-state index contributed by atoms with van der Waals surface area (Å²) in [5, 5.41) is 3.21. The third-order valence-electron chi connectivity index (χ3n) is 1.79. The quantitative estimate of drug-likeness (QED) is 0.718. The van der Waals surface area contributed by atoms with Crippen LogP contribution in [0.1, 0.15) is 13.8 Å². The van der Waals surface area contributed by atoms with E-state index in [1.807, 2.05) is 38.1 Å². The second kappa shape index (κ2) is 5.07. The lowest BCUT2D eigenvalue weighted by molar-refractivity contribution is 1.32. The molecule has 1 aromatic rings. The number of hydrogen-bond acceptors (Lipinski definition) is 3. The van der Waals surface area contributed by atoms with Crippen LogP contribution in [0.25, 0.3) is 0 Å². The number of hydrogen-bond donors (Lipinski definition) is 2. The average Bonchev–Trinajstić information content (AvgIpc) is 2.20. The third-order valence-corrected chi connectivity index (χ3v) is 1.79. The fourth-order valence-electron chi connectivity index (χ4n) is 1.07. The molecule has 0 aromatic carbocycles. The van der Waals surface area contributed by atoms with Crippen LogP contribution >= 0.6 is 0 Å². The molecule has 0 saturated carbocycles. The first-order chi connectivity index (χ1) is 6.77. The van der Waals surface area contributed by atoms with E-state index in [1.54, 1.807) is 12.4 Å². The van der Waals surface area contributed by atoms with Crippen LogP contribution in [0.3, 0.4) is 0 Å². The molecule has 0 atom stereocenters. The maximum absolute atomic E-state index is 5.74. The molecular formula is C11H15N3. The first kappa shape index (κ1) is 10.3. The summed E-state index contributed by atoms with van der Waals surface area (Å²) in [6.07, 6.45) is 9.28. The van der Waals surface area contributed by atoms with Gasteiger partial charge in [0.05, 0.1) is 17.6 Å². The molecular weight excluding hydrogens is 174 g/mol. The van der Waals surface area contributed by atoms with E-state index < -0.39 is 0 Å². The van der Waals surface area contributed by atoms with Crippen molar-refractivity contribution in [1.82, 2.24) is 4.98 Å². The van der Waals surface area contributed by atoms with Gasteiger partial charge in [-0.05, 0) is 26.0 Å².